The van der Waals surface area contributed by atoms with E-state index in [2.05, 4.69) is 5.27 Å². The third-order valence-electron chi connectivity index (χ3n) is 1.78. The van der Waals surface area contributed by atoms with Crippen molar-refractivity contribution in [1.29, 1.82) is 0 Å². The molecular formula is C9H10N3O+. The van der Waals surface area contributed by atoms with Gasteiger partial charge in [-0.1, -0.05) is 17.7 Å². The number of aryl methyl sites for hydroxylation is 1. The number of nitrogens with zero attached hydrogens (tertiary/aromatic N) is 2. The van der Waals surface area contributed by atoms with E-state index in [4.69, 9.17) is 10.3 Å². The molecule has 1 aromatic heterocycles. The molecule has 1 aromatic carbocycles. The molecule has 0 bridgehead atoms. The molecule has 66 valence electrons. The van der Waals surface area contributed by atoms with Crippen LogP contribution in [0.15, 0.2) is 35.0 Å². The molecule has 0 unspecified atom stereocenters. The first-order valence-electron chi connectivity index (χ1n) is 3.97. The fourth-order valence-electron chi connectivity index (χ4n) is 1.08. The van der Waals surface area contributed by atoms with Gasteiger partial charge in [0.1, 0.15) is 0 Å². The molecule has 0 amide bonds. The molecule has 13 heavy (non-hydrogen) atoms. The Hall–Kier alpha value is -1.84. The van der Waals surface area contributed by atoms with Crippen molar-refractivity contribution in [3.05, 3.63) is 36.0 Å². The number of nitrogens with two attached hydrogens (primary N) is 1. The lowest BCUT2D eigenvalue weighted by molar-refractivity contribution is -0.670. The first-order valence-corrected chi connectivity index (χ1v) is 3.97. The number of aromatic nitrogens is 2. The zero-order chi connectivity index (χ0) is 9.26. The van der Waals surface area contributed by atoms with Crippen molar-refractivity contribution in [2.24, 2.45) is 0 Å². The number of nitrogen functional groups attached to an aromatic ring is 1. The summed E-state index contributed by atoms with van der Waals surface area (Å²) in [5.74, 6) is 0.306. The number of benzene rings is 1. The Morgan fingerprint density at radius 3 is 2.54 bits per heavy atom. The van der Waals surface area contributed by atoms with Crippen LogP contribution in [0, 0.1) is 6.92 Å². The minimum atomic E-state index is 0.306. The molecule has 4 nitrogen and oxygen atoms in total. The average molecular weight is 176 g/mol. The SMILES string of the molecule is Cc1ccc(-[n+]2cc(N)on2)cc1. The minimum absolute atomic E-state index is 0.306. The van der Waals surface area contributed by atoms with Crippen LogP contribution >= 0.6 is 0 Å². The van der Waals surface area contributed by atoms with Crippen LogP contribution in [0.1, 0.15) is 5.56 Å². The average Bonchev–Trinajstić information content (AvgIpc) is 2.53. The van der Waals surface area contributed by atoms with Gasteiger partial charge in [-0.2, -0.15) is 0 Å². The Morgan fingerprint density at radius 2 is 2.00 bits per heavy atom. The van der Waals surface area contributed by atoms with Crippen LogP contribution < -0.4 is 10.4 Å². The van der Waals surface area contributed by atoms with E-state index in [9.17, 15) is 0 Å². The lowest BCUT2D eigenvalue weighted by Gasteiger charge is -1.88. The van der Waals surface area contributed by atoms with Crippen LogP contribution in [0.4, 0.5) is 5.88 Å². The van der Waals surface area contributed by atoms with Gasteiger partial charge in [-0.25, -0.2) is 0 Å². The quantitative estimate of drug-likeness (QED) is 0.655. The van der Waals surface area contributed by atoms with Crippen LogP contribution in [0.2, 0.25) is 0 Å². The number of rotatable bonds is 1. The highest BCUT2D eigenvalue weighted by Crippen LogP contribution is 2.03. The summed E-state index contributed by atoms with van der Waals surface area (Å²) in [6, 6.07) is 7.93. The minimum Gasteiger partial charge on any atom is -0.362 e. The van der Waals surface area contributed by atoms with Gasteiger partial charge in [0, 0.05) is 12.1 Å². The molecule has 0 saturated heterocycles. The molecular weight excluding hydrogens is 166 g/mol. The highest BCUT2D eigenvalue weighted by molar-refractivity contribution is 5.26. The number of hydrogen-bond donors (Lipinski definition) is 1. The smallest absolute Gasteiger partial charge is 0.293 e. The third-order valence-corrected chi connectivity index (χ3v) is 1.78. The first kappa shape index (κ1) is 7.79. The first-order chi connectivity index (χ1) is 6.25. The Kier molecular flexibility index (Phi) is 1.73. The lowest BCUT2D eigenvalue weighted by Crippen LogP contribution is -2.31. The highest BCUT2D eigenvalue weighted by atomic mass is 16.5. The van der Waals surface area contributed by atoms with E-state index >= 15 is 0 Å². The van der Waals surface area contributed by atoms with E-state index < -0.39 is 0 Å². The van der Waals surface area contributed by atoms with Crippen molar-refractivity contribution in [1.82, 2.24) is 5.27 Å². The van der Waals surface area contributed by atoms with Gasteiger partial charge in [0.15, 0.2) is 0 Å². The number of hydrogen-bond acceptors (Lipinski definition) is 3. The number of anilines is 1. The normalized spacial score (nSPS) is 10.2. The molecule has 0 radical (unpaired) electrons. The summed E-state index contributed by atoms with van der Waals surface area (Å²) in [5, 5.41) is 3.73. The van der Waals surface area contributed by atoms with E-state index in [0.717, 1.165) is 5.69 Å². The van der Waals surface area contributed by atoms with E-state index in [1.807, 2.05) is 31.2 Å². The second kappa shape index (κ2) is 2.90. The maximum atomic E-state index is 5.40. The standard InChI is InChI=1S/C9H10N3O/c1-7-2-4-8(5-3-7)12-6-9(10)13-11-12/h2-6H,10H2,1H3/q+1. The second-order valence-electron chi connectivity index (χ2n) is 2.88. The van der Waals surface area contributed by atoms with Crippen LogP contribution in [0.5, 0.6) is 0 Å². The van der Waals surface area contributed by atoms with Crippen LogP contribution in [0.25, 0.3) is 5.69 Å². The lowest BCUT2D eigenvalue weighted by atomic mass is 10.2. The monoisotopic (exact) mass is 176 g/mol. The van der Waals surface area contributed by atoms with Crippen molar-refractivity contribution in [3.8, 4) is 5.69 Å². The van der Waals surface area contributed by atoms with Gasteiger partial charge in [-0.05, 0) is 11.6 Å². The molecule has 2 aromatic rings. The molecule has 0 atom stereocenters. The molecule has 0 aliphatic rings. The van der Waals surface area contributed by atoms with Gasteiger partial charge in [-0.15, -0.1) is 0 Å². The maximum absolute atomic E-state index is 5.40. The van der Waals surface area contributed by atoms with Crippen LogP contribution in [-0.4, -0.2) is 5.27 Å². The van der Waals surface area contributed by atoms with Gasteiger partial charge in [0.25, 0.3) is 12.1 Å². The largest absolute Gasteiger partial charge is 0.362 e. The van der Waals surface area contributed by atoms with Crippen molar-refractivity contribution in [2.75, 3.05) is 5.73 Å². The van der Waals surface area contributed by atoms with Gasteiger partial charge in [0.05, 0.1) is 0 Å². The molecule has 2 rings (SSSR count). The second-order valence-corrected chi connectivity index (χ2v) is 2.88. The summed E-state index contributed by atoms with van der Waals surface area (Å²) in [4.78, 5) is 0. The van der Waals surface area contributed by atoms with E-state index in [-0.39, 0.29) is 0 Å². The molecule has 1 heterocycles. The molecule has 0 aliphatic carbocycles. The molecule has 4 heteroatoms. The Bertz CT molecular complexity index is 405. The van der Waals surface area contributed by atoms with E-state index in [0.29, 0.717) is 5.88 Å². The van der Waals surface area contributed by atoms with Crippen molar-refractivity contribution in [3.63, 3.8) is 0 Å². The topological polar surface area (TPSA) is 55.9 Å². The zero-order valence-corrected chi connectivity index (χ0v) is 7.27. The fraction of sp³-hybridized carbons (Fsp3) is 0.111. The van der Waals surface area contributed by atoms with Gasteiger partial charge in [-0.3, -0.25) is 4.52 Å². The third kappa shape index (κ3) is 1.51. The summed E-state index contributed by atoms with van der Waals surface area (Å²) in [5.41, 5.74) is 7.54. The van der Waals surface area contributed by atoms with Crippen LogP contribution in [0.3, 0.4) is 0 Å². The van der Waals surface area contributed by atoms with Gasteiger partial charge in [0.2, 0.25) is 11.0 Å². The van der Waals surface area contributed by atoms with Gasteiger partial charge >= 0.3 is 0 Å². The summed E-state index contributed by atoms with van der Waals surface area (Å²) in [6.45, 7) is 2.03. The van der Waals surface area contributed by atoms with Crippen molar-refractivity contribution < 1.29 is 9.20 Å². The molecule has 2 N–H and O–H groups in total. The summed E-state index contributed by atoms with van der Waals surface area (Å²) >= 11 is 0. The molecule has 0 aliphatic heterocycles. The predicted octanol–water partition coefficient (Wildman–Crippen LogP) is 0.842. The summed E-state index contributed by atoms with van der Waals surface area (Å²) in [7, 11) is 0. The zero-order valence-electron chi connectivity index (χ0n) is 7.27. The predicted molar refractivity (Wildman–Crippen MR) is 47.2 cm³/mol. The Morgan fingerprint density at radius 1 is 1.31 bits per heavy atom. The van der Waals surface area contributed by atoms with Crippen molar-refractivity contribution >= 4 is 5.88 Å². The molecule has 0 saturated carbocycles. The Labute approximate surface area is 75.6 Å². The highest BCUT2D eigenvalue weighted by Gasteiger charge is 2.11. The van der Waals surface area contributed by atoms with Crippen LogP contribution in [-0.2, 0) is 0 Å². The summed E-state index contributed by atoms with van der Waals surface area (Å²) in [6.07, 6.45) is 1.63. The fourth-order valence-corrected chi connectivity index (χ4v) is 1.08. The molecule has 0 fully saturated rings. The van der Waals surface area contributed by atoms with E-state index in [1.54, 1.807) is 10.9 Å². The maximum Gasteiger partial charge on any atom is 0.293 e. The van der Waals surface area contributed by atoms with Crippen molar-refractivity contribution in [2.45, 2.75) is 6.92 Å². The summed E-state index contributed by atoms with van der Waals surface area (Å²) < 4.78 is 6.33. The Balaban J connectivity index is 2.41. The van der Waals surface area contributed by atoms with E-state index in [1.165, 1.54) is 5.56 Å². The molecule has 0 spiro atoms. The van der Waals surface area contributed by atoms with Gasteiger partial charge < -0.3 is 5.73 Å².